The van der Waals surface area contributed by atoms with Crippen LogP contribution in [0.1, 0.15) is 290 Å². The first kappa shape index (κ1) is 78.0. The van der Waals surface area contributed by atoms with Crippen molar-refractivity contribution in [3.63, 3.8) is 0 Å². The molecule has 6 heteroatoms. The fourth-order valence-electron chi connectivity index (χ4n) is 9.02. The fourth-order valence-corrected chi connectivity index (χ4v) is 9.02. The number of rotatable bonds is 60. The summed E-state index contributed by atoms with van der Waals surface area (Å²) in [5.41, 5.74) is 0. The standard InChI is InChI=1S/C77H124O6/c1-4-7-10-13-16-19-22-25-28-30-32-34-36-37-38-39-41-42-44-46-49-52-55-58-61-64-67-70-76(79)82-73-74(72-81-75(78)69-66-63-60-57-54-51-48-27-24-21-18-15-12-9-6-3)83-77(80)71-68-65-62-59-56-53-50-47-45-43-40-35-33-31-29-26-23-20-17-14-11-8-5-2/h7,9-10,12,16,18-19,21,23,25-28,31-34,37-38,40,43,48,54,57,63,66,74H,4-6,8,11,13-15,17,20,22,24,29-30,35-36,39,41-42,44-47,49-53,55-56,58-62,64-65,67-73H2,1-3H3/b10-7-,12-9-,19-16-,21-18-,26-23-,28-25-,33-31-,34-32-,38-37-,43-40-,48-27-,57-54-,66-63-. The number of carbonyl (C=O) groups excluding carboxylic acids is 3. The van der Waals surface area contributed by atoms with Gasteiger partial charge in [-0.3, -0.25) is 14.4 Å². The van der Waals surface area contributed by atoms with E-state index >= 15 is 0 Å². The van der Waals surface area contributed by atoms with Gasteiger partial charge >= 0.3 is 17.9 Å². The molecular formula is C77H124O6. The summed E-state index contributed by atoms with van der Waals surface area (Å²) >= 11 is 0. The SMILES string of the molecule is CC/C=C\C/C=C\C/C=C\C/C=C\C/C=C\CCCCCCCCCCCCCC(=O)OCC(COC(=O)C/C=C\C/C=C\C/C=C\C/C=C\C/C=C\CC)OC(=O)CCCCCCCCCC/C=C\C/C=C\C/C=C\CCCCCCC. The lowest BCUT2D eigenvalue weighted by molar-refractivity contribution is -0.166. The number of esters is 3. The van der Waals surface area contributed by atoms with Crippen LogP contribution in [0.3, 0.4) is 0 Å². The van der Waals surface area contributed by atoms with E-state index in [0.717, 1.165) is 122 Å². The van der Waals surface area contributed by atoms with Gasteiger partial charge in [-0.25, -0.2) is 0 Å². The Kier molecular flexibility index (Phi) is 65.4. The first-order chi connectivity index (χ1) is 41.0. The summed E-state index contributed by atoms with van der Waals surface area (Å²) in [4.78, 5) is 38.4. The van der Waals surface area contributed by atoms with Gasteiger partial charge in [-0.2, -0.15) is 0 Å². The molecule has 0 bridgehead atoms. The van der Waals surface area contributed by atoms with Gasteiger partial charge in [0, 0.05) is 12.8 Å². The minimum atomic E-state index is -0.832. The predicted molar refractivity (Wildman–Crippen MR) is 362 cm³/mol. The Balaban J connectivity index is 4.44. The minimum Gasteiger partial charge on any atom is -0.462 e. The van der Waals surface area contributed by atoms with Crippen LogP contribution in [0.5, 0.6) is 0 Å². The molecule has 0 aliphatic rings. The Labute approximate surface area is 511 Å². The second-order valence-corrected chi connectivity index (χ2v) is 22.0. The maximum atomic E-state index is 12.9. The second-order valence-electron chi connectivity index (χ2n) is 22.0. The number of hydrogen-bond acceptors (Lipinski definition) is 6. The molecule has 0 spiro atoms. The third-order valence-corrected chi connectivity index (χ3v) is 14.0. The smallest absolute Gasteiger partial charge is 0.309 e. The Morgan fingerprint density at radius 2 is 0.518 bits per heavy atom. The van der Waals surface area contributed by atoms with E-state index in [1.807, 2.05) is 6.08 Å². The molecule has 0 saturated heterocycles. The van der Waals surface area contributed by atoms with Crippen LogP contribution < -0.4 is 0 Å². The Hall–Kier alpha value is -4.97. The van der Waals surface area contributed by atoms with Gasteiger partial charge in [-0.15, -0.1) is 0 Å². The van der Waals surface area contributed by atoms with Crippen molar-refractivity contribution in [3.8, 4) is 0 Å². The molecule has 0 aromatic rings. The summed E-state index contributed by atoms with van der Waals surface area (Å²) in [5.74, 6) is -1.06. The van der Waals surface area contributed by atoms with Crippen LogP contribution in [0.25, 0.3) is 0 Å². The lowest BCUT2D eigenvalue weighted by Crippen LogP contribution is -2.30. The van der Waals surface area contributed by atoms with Crippen LogP contribution >= 0.6 is 0 Å². The molecule has 468 valence electrons. The van der Waals surface area contributed by atoms with Gasteiger partial charge in [0.15, 0.2) is 6.10 Å². The molecule has 0 N–H and O–H groups in total. The number of hydrogen-bond donors (Lipinski definition) is 0. The average molecular weight is 1150 g/mol. The lowest BCUT2D eigenvalue weighted by Gasteiger charge is -2.18. The molecule has 1 atom stereocenters. The predicted octanol–water partition coefficient (Wildman–Crippen LogP) is 23.7. The topological polar surface area (TPSA) is 78.9 Å². The molecule has 0 aromatic carbocycles. The van der Waals surface area contributed by atoms with Crippen LogP contribution in [0.4, 0.5) is 0 Å². The first-order valence-corrected chi connectivity index (χ1v) is 34.0. The van der Waals surface area contributed by atoms with Crippen molar-refractivity contribution in [1.29, 1.82) is 0 Å². The molecule has 1 unspecified atom stereocenters. The zero-order valence-electron chi connectivity index (χ0n) is 53.7. The van der Waals surface area contributed by atoms with Gasteiger partial charge in [0.1, 0.15) is 13.2 Å². The molecule has 0 fully saturated rings. The second kappa shape index (κ2) is 69.5. The third-order valence-electron chi connectivity index (χ3n) is 14.0. The highest BCUT2D eigenvalue weighted by molar-refractivity contribution is 5.72. The van der Waals surface area contributed by atoms with E-state index in [9.17, 15) is 14.4 Å². The van der Waals surface area contributed by atoms with Gasteiger partial charge in [0.25, 0.3) is 0 Å². The summed E-state index contributed by atoms with van der Waals surface area (Å²) in [6.07, 6.45) is 101. The summed E-state index contributed by atoms with van der Waals surface area (Å²) in [6, 6.07) is 0. The number of ether oxygens (including phenoxy) is 3. The van der Waals surface area contributed by atoms with Crippen molar-refractivity contribution >= 4 is 17.9 Å². The molecule has 0 rings (SSSR count). The highest BCUT2D eigenvalue weighted by Crippen LogP contribution is 2.15. The zero-order chi connectivity index (χ0) is 59.9. The number of allylic oxidation sites excluding steroid dienone is 25. The molecule has 0 aromatic heterocycles. The average Bonchev–Trinajstić information content (AvgIpc) is 3.49. The minimum absolute atomic E-state index is 0.118. The van der Waals surface area contributed by atoms with E-state index in [1.54, 1.807) is 6.08 Å². The molecule has 0 aliphatic heterocycles. The molecule has 0 saturated carbocycles. The van der Waals surface area contributed by atoms with Gasteiger partial charge in [-0.1, -0.05) is 301 Å². The van der Waals surface area contributed by atoms with Gasteiger partial charge in [-0.05, 0) is 128 Å². The summed E-state index contributed by atoms with van der Waals surface area (Å²) in [7, 11) is 0. The lowest BCUT2D eigenvalue weighted by atomic mass is 10.0. The van der Waals surface area contributed by atoms with Crippen molar-refractivity contribution < 1.29 is 28.6 Å². The van der Waals surface area contributed by atoms with Gasteiger partial charge in [0.2, 0.25) is 0 Å². The molecule has 83 heavy (non-hydrogen) atoms. The van der Waals surface area contributed by atoms with Crippen molar-refractivity contribution in [3.05, 3.63) is 158 Å². The summed E-state index contributed by atoms with van der Waals surface area (Å²) in [6.45, 7) is 6.31. The molecule has 0 amide bonds. The summed E-state index contributed by atoms with van der Waals surface area (Å²) in [5, 5.41) is 0. The fraction of sp³-hybridized carbons (Fsp3) is 0.623. The van der Waals surface area contributed by atoms with Crippen molar-refractivity contribution in [2.75, 3.05) is 13.2 Å². The molecule has 6 nitrogen and oxygen atoms in total. The van der Waals surface area contributed by atoms with E-state index in [4.69, 9.17) is 14.2 Å². The van der Waals surface area contributed by atoms with Crippen molar-refractivity contribution in [1.82, 2.24) is 0 Å². The van der Waals surface area contributed by atoms with Crippen LogP contribution in [-0.2, 0) is 28.6 Å². The van der Waals surface area contributed by atoms with Gasteiger partial charge in [0.05, 0.1) is 6.42 Å². The van der Waals surface area contributed by atoms with Crippen molar-refractivity contribution in [2.45, 2.75) is 297 Å². The van der Waals surface area contributed by atoms with Crippen LogP contribution in [0, 0.1) is 0 Å². The summed E-state index contributed by atoms with van der Waals surface area (Å²) < 4.78 is 16.8. The van der Waals surface area contributed by atoms with E-state index in [-0.39, 0.29) is 31.6 Å². The van der Waals surface area contributed by atoms with E-state index in [1.165, 1.54) is 128 Å². The van der Waals surface area contributed by atoms with Crippen LogP contribution in [-0.4, -0.2) is 37.2 Å². The largest absolute Gasteiger partial charge is 0.462 e. The Morgan fingerprint density at radius 3 is 0.843 bits per heavy atom. The van der Waals surface area contributed by atoms with Gasteiger partial charge < -0.3 is 14.2 Å². The Bertz CT molecular complexity index is 1840. The Morgan fingerprint density at radius 1 is 0.265 bits per heavy atom. The monoisotopic (exact) mass is 1140 g/mol. The molecule has 0 heterocycles. The number of unbranched alkanes of at least 4 members (excludes halogenated alkanes) is 24. The maximum absolute atomic E-state index is 12.9. The van der Waals surface area contributed by atoms with Crippen LogP contribution in [0.2, 0.25) is 0 Å². The van der Waals surface area contributed by atoms with E-state index in [0.29, 0.717) is 12.8 Å². The molecule has 0 aliphatic carbocycles. The zero-order valence-corrected chi connectivity index (χ0v) is 53.7. The highest BCUT2D eigenvalue weighted by atomic mass is 16.6. The van der Waals surface area contributed by atoms with E-state index in [2.05, 4.69) is 167 Å². The molecular weight excluding hydrogens is 1020 g/mol. The first-order valence-electron chi connectivity index (χ1n) is 34.0. The third kappa shape index (κ3) is 67.7. The quantitative estimate of drug-likeness (QED) is 0.0261. The number of carbonyl (C=O) groups is 3. The van der Waals surface area contributed by atoms with Crippen LogP contribution in [0.15, 0.2) is 158 Å². The normalized spacial score (nSPS) is 13.1. The highest BCUT2D eigenvalue weighted by Gasteiger charge is 2.19. The van der Waals surface area contributed by atoms with E-state index < -0.39 is 12.1 Å². The molecule has 0 radical (unpaired) electrons. The van der Waals surface area contributed by atoms with Crippen molar-refractivity contribution in [2.24, 2.45) is 0 Å². The maximum Gasteiger partial charge on any atom is 0.309 e.